The molecule has 2 N–H and O–H groups in total. The lowest BCUT2D eigenvalue weighted by molar-refractivity contribution is -0.118. The van der Waals surface area contributed by atoms with Crippen molar-refractivity contribution >= 4 is 11.6 Å². The largest absolute Gasteiger partial charge is 0.392 e. The van der Waals surface area contributed by atoms with Crippen molar-refractivity contribution in [3.8, 4) is 0 Å². The molecule has 0 spiro atoms. The summed E-state index contributed by atoms with van der Waals surface area (Å²) < 4.78 is 0. The molecule has 22 heavy (non-hydrogen) atoms. The summed E-state index contributed by atoms with van der Waals surface area (Å²) in [6.45, 7) is 10.1. The van der Waals surface area contributed by atoms with E-state index >= 15 is 0 Å². The summed E-state index contributed by atoms with van der Waals surface area (Å²) in [5, 5.41) is 13.0. The van der Waals surface area contributed by atoms with Crippen LogP contribution in [0.2, 0.25) is 0 Å². The fraction of sp³-hybridized carbons (Fsp3) is 0.611. The van der Waals surface area contributed by atoms with Crippen LogP contribution in [0.25, 0.3) is 0 Å². The first-order valence-corrected chi connectivity index (χ1v) is 8.18. The summed E-state index contributed by atoms with van der Waals surface area (Å²) >= 11 is 0. The molecule has 1 fully saturated rings. The standard InChI is InChI=1S/C18H28N2O2/c1-12(2)15-7-5-6-14(4)18(15)19-17(22)11-20-9-8-13(3)16(21)10-20/h5-7,12-13,16,21H,8-11H2,1-4H3,(H,19,22). The van der Waals surface area contributed by atoms with E-state index in [9.17, 15) is 9.90 Å². The summed E-state index contributed by atoms with van der Waals surface area (Å²) in [5.74, 6) is 0.689. The van der Waals surface area contributed by atoms with Crippen LogP contribution in [-0.4, -0.2) is 41.7 Å². The second kappa shape index (κ2) is 7.25. The van der Waals surface area contributed by atoms with Crippen LogP contribution < -0.4 is 5.32 Å². The molecule has 0 bridgehead atoms. The number of anilines is 1. The third kappa shape index (κ3) is 4.08. The van der Waals surface area contributed by atoms with Crippen molar-refractivity contribution in [3.05, 3.63) is 29.3 Å². The number of carbonyl (C=O) groups is 1. The van der Waals surface area contributed by atoms with E-state index in [0.29, 0.717) is 24.9 Å². The van der Waals surface area contributed by atoms with E-state index in [-0.39, 0.29) is 12.0 Å². The minimum atomic E-state index is -0.328. The highest BCUT2D eigenvalue weighted by molar-refractivity contribution is 5.93. The average Bonchev–Trinajstić information content (AvgIpc) is 2.45. The number of benzene rings is 1. The molecule has 0 saturated carbocycles. The number of hydrogen-bond acceptors (Lipinski definition) is 3. The van der Waals surface area contributed by atoms with Gasteiger partial charge in [0.2, 0.25) is 5.91 Å². The molecule has 1 heterocycles. The maximum absolute atomic E-state index is 12.4. The molecular formula is C18H28N2O2. The molecule has 0 aliphatic carbocycles. The quantitative estimate of drug-likeness (QED) is 0.899. The van der Waals surface area contributed by atoms with Crippen molar-refractivity contribution in [3.63, 3.8) is 0 Å². The Hall–Kier alpha value is -1.39. The van der Waals surface area contributed by atoms with Crippen LogP contribution in [0, 0.1) is 12.8 Å². The molecule has 4 nitrogen and oxygen atoms in total. The molecule has 4 heteroatoms. The molecule has 1 aromatic rings. The van der Waals surface area contributed by atoms with Gasteiger partial charge in [0.15, 0.2) is 0 Å². The molecule has 1 amide bonds. The fourth-order valence-electron chi connectivity index (χ4n) is 2.98. The van der Waals surface area contributed by atoms with Crippen LogP contribution in [-0.2, 0) is 4.79 Å². The number of β-amino-alcohol motifs (C(OH)–C–C–N with tert-alkyl or cyclic N) is 1. The van der Waals surface area contributed by atoms with Crippen LogP contribution in [0.5, 0.6) is 0 Å². The molecule has 0 radical (unpaired) electrons. The molecule has 2 rings (SSSR count). The Balaban J connectivity index is 2.01. The Kier molecular flexibility index (Phi) is 5.59. The normalized spacial score (nSPS) is 22.8. The van der Waals surface area contributed by atoms with Gasteiger partial charge >= 0.3 is 0 Å². The predicted molar refractivity (Wildman–Crippen MR) is 90.1 cm³/mol. The predicted octanol–water partition coefficient (Wildman–Crippen LogP) is 2.76. The van der Waals surface area contributed by atoms with Gasteiger partial charge in [-0.1, -0.05) is 39.0 Å². The van der Waals surface area contributed by atoms with Gasteiger partial charge in [-0.25, -0.2) is 0 Å². The number of hydrogen-bond donors (Lipinski definition) is 2. The molecule has 1 aliphatic heterocycles. The highest BCUT2D eigenvalue weighted by Crippen LogP contribution is 2.27. The molecule has 1 aromatic carbocycles. The molecule has 2 atom stereocenters. The summed E-state index contributed by atoms with van der Waals surface area (Å²) in [6, 6.07) is 6.12. The van der Waals surface area contributed by atoms with Gasteiger partial charge in [0.1, 0.15) is 0 Å². The van der Waals surface area contributed by atoms with Gasteiger partial charge in [-0.2, -0.15) is 0 Å². The zero-order valence-corrected chi connectivity index (χ0v) is 14.1. The first-order chi connectivity index (χ1) is 10.4. The zero-order valence-electron chi connectivity index (χ0n) is 14.1. The van der Waals surface area contributed by atoms with Crippen LogP contribution in [0.3, 0.4) is 0 Å². The molecule has 0 aromatic heterocycles. The number of aliphatic hydroxyl groups excluding tert-OH is 1. The summed E-state index contributed by atoms with van der Waals surface area (Å²) in [4.78, 5) is 14.4. The van der Waals surface area contributed by atoms with Crippen molar-refractivity contribution in [2.45, 2.75) is 46.1 Å². The second-order valence-electron chi connectivity index (χ2n) is 6.81. The third-order valence-corrected chi connectivity index (χ3v) is 4.56. The topological polar surface area (TPSA) is 52.6 Å². The van der Waals surface area contributed by atoms with Gasteiger partial charge in [0.25, 0.3) is 0 Å². The SMILES string of the molecule is Cc1cccc(C(C)C)c1NC(=O)CN1CCC(C)C(O)C1. The van der Waals surface area contributed by atoms with Gasteiger partial charge < -0.3 is 10.4 Å². The van der Waals surface area contributed by atoms with Crippen molar-refractivity contribution in [2.24, 2.45) is 5.92 Å². The van der Waals surface area contributed by atoms with E-state index in [1.54, 1.807) is 0 Å². The van der Waals surface area contributed by atoms with Crippen molar-refractivity contribution in [1.29, 1.82) is 0 Å². The molecule has 1 aliphatic rings. The smallest absolute Gasteiger partial charge is 0.238 e. The molecule has 2 unspecified atom stereocenters. The van der Waals surface area contributed by atoms with Crippen molar-refractivity contribution < 1.29 is 9.90 Å². The van der Waals surface area contributed by atoms with Gasteiger partial charge in [0, 0.05) is 12.2 Å². The number of aryl methyl sites for hydroxylation is 1. The number of amides is 1. The molecular weight excluding hydrogens is 276 g/mol. The Labute approximate surface area is 133 Å². The number of piperidine rings is 1. The number of carbonyl (C=O) groups excluding carboxylic acids is 1. The Morgan fingerprint density at radius 1 is 1.45 bits per heavy atom. The highest BCUT2D eigenvalue weighted by Gasteiger charge is 2.25. The number of para-hydroxylation sites is 1. The third-order valence-electron chi connectivity index (χ3n) is 4.56. The maximum atomic E-state index is 12.4. The number of aliphatic hydroxyl groups is 1. The number of nitrogens with one attached hydrogen (secondary N) is 1. The van der Waals surface area contributed by atoms with Gasteiger partial charge in [-0.15, -0.1) is 0 Å². The lowest BCUT2D eigenvalue weighted by Gasteiger charge is -2.33. The average molecular weight is 304 g/mol. The van der Waals surface area contributed by atoms with Crippen LogP contribution >= 0.6 is 0 Å². The lowest BCUT2D eigenvalue weighted by Crippen LogP contribution is -2.45. The minimum Gasteiger partial charge on any atom is -0.392 e. The van der Waals surface area contributed by atoms with Gasteiger partial charge in [0.05, 0.1) is 12.6 Å². The van der Waals surface area contributed by atoms with E-state index in [0.717, 1.165) is 24.2 Å². The van der Waals surface area contributed by atoms with Crippen LogP contribution in [0.4, 0.5) is 5.69 Å². The van der Waals surface area contributed by atoms with E-state index < -0.39 is 0 Å². The molecule has 1 saturated heterocycles. The second-order valence-corrected chi connectivity index (χ2v) is 6.81. The minimum absolute atomic E-state index is 0.00190. The zero-order chi connectivity index (χ0) is 16.3. The van der Waals surface area contributed by atoms with E-state index in [4.69, 9.17) is 0 Å². The Morgan fingerprint density at radius 3 is 2.82 bits per heavy atom. The van der Waals surface area contributed by atoms with Crippen LogP contribution in [0.15, 0.2) is 18.2 Å². The van der Waals surface area contributed by atoms with E-state index in [1.807, 2.05) is 24.0 Å². The van der Waals surface area contributed by atoms with Gasteiger partial charge in [-0.05, 0) is 42.9 Å². The van der Waals surface area contributed by atoms with E-state index in [2.05, 4.69) is 32.2 Å². The first kappa shape index (κ1) is 17.0. The fourth-order valence-corrected chi connectivity index (χ4v) is 2.98. The number of nitrogens with zero attached hydrogens (tertiary/aromatic N) is 1. The summed E-state index contributed by atoms with van der Waals surface area (Å²) in [7, 11) is 0. The van der Waals surface area contributed by atoms with E-state index in [1.165, 1.54) is 5.56 Å². The summed E-state index contributed by atoms with van der Waals surface area (Å²) in [6.07, 6.45) is 0.613. The molecule has 122 valence electrons. The number of likely N-dealkylation sites (tertiary alicyclic amines) is 1. The Morgan fingerprint density at radius 2 is 2.18 bits per heavy atom. The van der Waals surface area contributed by atoms with Crippen LogP contribution in [0.1, 0.15) is 44.2 Å². The Bertz CT molecular complexity index is 528. The van der Waals surface area contributed by atoms with Crippen molar-refractivity contribution in [2.75, 3.05) is 25.0 Å². The maximum Gasteiger partial charge on any atom is 0.238 e. The lowest BCUT2D eigenvalue weighted by atomic mass is 9.96. The highest BCUT2D eigenvalue weighted by atomic mass is 16.3. The van der Waals surface area contributed by atoms with Gasteiger partial charge in [-0.3, -0.25) is 9.69 Å². The number of rotatable bonds is 4. The van der Waals surface area contributed by atoms with Crippen molar-refractivity contribution in [1.82, 2.24) is 4.90 Å². The first-order valence-electron chi connectivity index (χ1n) is 8.18. The monoisotopic (exact) mass is 304 g/mol. The summed E-state index contributed by atoms with van der Waals surface area (Å²) in [5.41, 5.74) is 3.20.